The fraction of sp³-hybridized carbons (Fsp3) is 0.571. The lowest BCUT2D eigenvalue weighted by atomic mass is 9.73. The van der Waals surface area contributed by atoms with Gasteiger partial charge in [-0.1, -0.05) is 32.0 Å². The van der Waals surface area contributed by atoms with Gasteiger partial charge in [0.25, 0.3) is 0 Å². The van der Waals surface area contributed by atoms with E-state index < -0.39 is 17.2 Å². The van der Waals surface area contributed by atoms with E-state index in [9.17, 15) is 18.0 Å². The molecular weight excluding hydrogens is 465 g/mol. The Kier molecular flexibility index (Phi) is 6.74. The highest BCUT2D eigenvalue weighted by Crippen LogP contribution is 2.48. The molecule has 1 aliphatic carbocycles. The predicted molar refractivity (Wildman–Crippen MR) is 133 cm³/mol. The molecule has 1 aromatic heterocycles. The molecular formula is C28H35F3N4O. The van der Waals surface area contributed by atoms with Crippen LogP contribution in [0.5, 0.6) is 0 Å². The number of hydrogen-bond acceptors (Lipinski definition) is 4. The number of rotatable bonds is 4. The quantitative estimate of drug-likeness (QED) is 0.592. The van der Waals surface area contributed by atoms with E-state index in [0.717, 1.165) is 51.6 Å². The lowest BCUT2D eigenvalue weighted by Crippen LogP contribution is -2.51. The van der Waals surface area contributed by atoms with Gasteiger partial charge in [0.2, 0.25) is 5.91 Å². The number of benzene rings is 1. The number of carbonyl (C=O) groups excluding carboxylic acids is 1. The summed E-state index contributed by atoms with van der Waals surface area (Å²) >= 11 is 0. The van der Waals surface area contributed by atoms with Gasteiger partial charge < -0.3 is 9.80 Å². The largest absolute Gasteiger partial charge is 0.417 e. The molecule has 3 aliphatic rings. The third-order valence-electron chi connectivity index (χ3n) is 8.66. The van der Waals surface area contributed by atoms with Crippen LogP contribution >= 0.6 is 0 Å². The fourth-order valence-electron chi connectivity index (χ4n) is 6.38. The summed E-state index contributed by atoms with van der Waals surface area (Å²) in [6, 6.07) is 12.0. The maximum absolute atomic E-state index is 14.0. The van der Waals surface area contributed by atoms with Crippen LogP contribution in [0.4, 0.5) is 18.9 Å². The summed E-state index contributed by atoms with van der Waals surface area (Å²) in [5.74, 6) is 0.271. The molecule has 2 atom stereocenters. The zero-order valence-electron chi connectivity index (χ0n) is 21.1. The summed E-state index contributed by atoms with van der Waals surface area (Å²) < 4.78 is 39.7. The van der Waals surface area contributed by atoms with Crippen LogP contribution in [0.25, 0.3) is 0 Å². The number of aromatic nitrogens is 1. The second-order valence-electron chi connectivity index (χ2n) is 10.9. The second-order valence-corrected chi connectivity index (χ2v) is 10.9. The van der Waals surface area contributed by atoms with Crippen LogP contribution in [0.1, 0.15) is 49.9 Å². The van der Waals surface area contributed by atoms with Crippen LogP contribution in [0, 0.1) is 11.3 Å². The molecule has 1 saturated carbocycles. The maximum atomic E-state index is 14.0. The molecule has 0 N–H and O–H groups in total. The Labute approximate surface area is 211 Å². The number of hydrogen-bond donors (Lipinski definition) is 0. The number of halogens is 3. The highest BCUT2D eigenvalue weighted by atomic mass is 19.4. The van der Waals surface area contributed by atoms with Crippen LogP contribution in [0.2, 0.25) is 0 Å². The smallest absolute Gasteiger partial charge is 0.369 e. The van der Waals surface area contributed by atoms with Gasteiger partial charge in [-0.2, -0.15) is 13.2 Å². The summed E-state index contributed by atoms with van der Waals surface area (Å²) in [4.78, 5) is 24.8. The number of piperazine rings is 1. The van der Waals surface area contributed by atoms with Crippen molar-refractivity contribution in [2.45, 2.75) is 58.3 Å². The molecule has 5 nitrogen and oxygen atoms in total. The molecule has 1 aromatic carbocycles. The first-order valence-electron chi connectivity index (χ1n) is 13.1. The number of amides is 1. The third kappa shape index (κ3) is 4.72. The summed E-state index contributed by atoms with van der Waals surface area (Å²) in [5.41, 5.74) is 1.24. The van der Waals surface area contributed by atoms with Gasteiger partial charge in [-0.3, -0.25) is 14.7 Å². The molecule has 8 heteroatoms. The topological polar surface area (TPSA) is 39.7 Å². The van der Waals surface area contributed by atoms with Crippen LogP contribution in [-0.4, -0.2) is 59.5 Å². The number of nitrogens with zero attached hydrogens (tertiary/aromatic N) is 4. The lowest BCUT2D eigenvalue weighted by molar-refractivity contribution is -0.146. The Balaban J connectivity index is 1.26. The Hall–Kier alpha value is -2.61. The van der Waals surface area contributed by atoms with Gasteiger partial charge in [-0.15, -0.1) is 0 Å². The van der Waals surface area contributed by atoms with Gasteiger partial charge in [0.05, 0.1) is 11.0 Å². The summed E-state index contributed by atoms with van der Waals surface area (Å²) in [6.45, 7) is 8.86. The van der Waals surface area contributed by atoms with E-state index in [1.807, 2.05) is 6.07 Å². The van der Waals surface area contributed by atoms with Crippen LogP contribution in [0.15, 0.2) is 42.6 Å². The van der Waals surface area contributed by atoms with Crippen molar-refractivity contribution in [2.75, 3.05) is 37.6 Å². The van der Waals surface area contributed by atoms with Crippen molar-refractivity contribution < 1.29 is 18.0 Å². The number of fused-ring (bicyclic) bond motifs is 1. The Morgan fingerprint density at radius 1 is 1.08 bits per heavy atom. The Morgan fingerprint density at radius 2 is 1.81 bits per heavy atom. The van der Waals surface area contributed by atoms with Crippen molar-refractivity contribution in [1.82, 2.24) is 14.8 Å². The van der Waals surface area contributed by atoms with Gasteiger partial charge in [-0.25, -0.2) is 0 Å². The van der Waals surface area contributed by atoms with E-state index in [2.05, 4.69) is 52.9 Å². The van der Waals surface area contributed by atoms with Gasteiger partial charge in [0.15, 0.2) is 0 Å². The number of alkyl halides is 3. The van der Waals surface area contributed by atoms with Crippen molar-refractivity contribution >= 4 is 11.6 Å². The Morgan fingerprint density at radius 3 is 2.47 bits per heavy atom. The average Bonchev–Trinajstić information content (AvgIpc) is 3.35. The van der Waals surface area contributed by atoms with Gasteiger partial charge in [-0.05, 0) is 48.9 Å². The molecule has 2 aromatic rings. The van der Waals surface area contributed by atoms with E-state index in [1.165, 1.54) is 11.8 Å². The minimum atomic E-state index is -4.43. The summed E-state index contributed by atoms with van der Waals surface area (Å²) in [7, 11) is 0. The van der Waals surface area contributed by atoms with Gasteiger partial charge >= 0.3 is 6.18 Å². The molecule has 2 aliphatic heterocycles. The predicted octanol–water partition coefficient (Wildman–Crippen LogP) is 5.00. The molecule has 5 rings (SSSR count). The summed E-state index contributed by atoms with van der Waals surface area (Å²) in [5, 5.41) is 0. The number of para-hydroxylation sites is 1. The normalized spacial score (nSPS) is 25.3. The molecule has 1 amide bonds. The standard InChI is InChI=1S/C28H35F3N4O/c1-20(2)27(26(36)35-11-9-25-21(19-35)16-22(18-32-25)28(29,30)31)10-8-24(17-27)34-14-12-33(13-15-34)23-6-4-3-5-7-23/h3-7,16,18,20,24H,8-15,17,19H2,1-2H3. The second kappa shape index (κ2) is 9.69. The molecule has 2 fully saturated rings. The number of anilines is 1. The van der Waals surface area contributed by atoms with E-state index in [1.54, 1.807) is 4.90 Å². The first-order valence-corrected chi connectivity index (χ1v) is 13.1. The first kappa shape index (κ1) is 25.1. The maximum Gasteiger partial charge on any atom is 0.417 e. The van der Waals surface area contributed by atoms with Crippen molar-refractivity contribution in [3.63, 3.8) is 0 Å². The number of carbonyl (C=O) groups is 1. The highest BCUT2D eigenvalue weighted by Gasteiger charge is 2.51. The van der Waals surface area contributed by atoms with Crippen molar-refractivity contribution in [1.29, 1.82) is 0 Å². The van der Waals surface area contributed by atoms with Crippen LogP contribution < -0.4 is 4.90 Å². The highest BCUT2D eigenvalue weighted by molar-refractivity contribution is 5.83. The monoisotopic (exact) mass is 500 g/mol. The SMILES string of the molecule is CC(C)C1(C(=O)N2CCc3ncc(C(F)(F)F)cc3C2)CCC(N2CCN(c3ccccc3)CC2)C1. The molecule has 36 heavy (non-hydrogen) atoms. The van der Waals surface area contributed by atoms with Gasteiger partial charge in [0.1, 0.15) is 0 Å². The van der Waals surface area contributed by atoms with Crippen LogP contribution in [-0.2, 0) is 23.9 Å². The Bertz CT molecular complexity index is 1080. The van der Waals surface area contributed by atoms with Crippen LogP contribution in [0.3, 0.4) is 0 Å². The average molecular weight is 501 g/mol. The first-order chi connectivity index (χ1) is 17.2. The van der Waals surface area contributed by atoms with E-state index in [-0.39, 0.29) is 18.4 Å². The van der Waals surface area contributed by atoms with E-state index in [0.29, 0.717) is 30.3 Å². The van der Waals surface area contributed by atoms with E-state index >= 15 is 0 Å². The molecule has 0 spiro atoms. The van der Waals surface area contributed by atoms with Crippen molar-refractivity contribution in [3.8, 4) is 0 Å². The molecule has 0 bridgehead atoms. The molecule has 0 radical (unpaired) electrons. The molecule has 194 valence electrons. The minimum Gasteiger partial charge on any atom is -0.369 e. The van der Waals surface area contributed by atoms with Crippen molar-refractivity contribution in [3.05, 3.63) is 59.4 Å². The third-order valence-corrected chi connectivity index (χ3v) is 8.66. The zero-order chi connectivity index (χ0) is 25.5. The van der Waals surface area contributed by atoms with Crippen molar-refractivity contribution in [2.24, 2.45) is 11.3 Å². The van der Waals surface area contributed by atoms with Gasteiger partial charge in [0, 0.05) is 69.3 Å². The fourth-order valence-corrected chi connectivity index (χ4v) is 6.38. The van der Waals surface area contributed by atoms with E-state index in [4.69, 9.17) is 0 Å². The molecule has 3 heterocycles. The zero-order valence-corrected chi connectivity index (χ0v) is 21.1. The summed E-state index contributed by atoms with van der Waals surface area (Å²) in [6.07, 6.45) is -0.393. The lowest BCUT2D eigenvalue weighted by Gasteiger charge is -2.42. The number of pyridine rings is 1. The molecule has 2 unspecified atom stereocenters. The molecule has 1 saturated heterocycles. The minimum absolute atomic E-state index is 0.103.